The molecule has 150 valence electrons. The summed E-state index contributed by atoms with van der Waals surface area (Å²) in [7, 11) is 0. The Bertz CT molecular complexity index is 757. The lowest BCUT2D eigenvalue weighted by atomic mass is 9.99. The van der Waals surface area contributed by atoms with Crippen molar-refractivity contribution in [3.05, 3.63) is 70.2 Å². The third kappa shape index (κ3) is 6.54. The number of carbonyl (C=O) groups excluding carboxylic acids is 1. The predicted octanol–water partition coefficient (Wildman–Crippen LogP) is 5.24. The Kier molecular flexibility index (Phi) is 8.26. The van der Waals surface area contributed by atoms with Crippen molar-refractivity contribution in [1.29, 1.82) is 0 Å². The average Bonchev–Trinajstić information content (AvgIpc) is 2.71. The number of thioether (sulfide) groups is 1. The second-order valence-electron chi connectivity index (χ2n) is 7.56. The van der Waals surface area contributed by atoms with E-state index in [4.69, 9.17) is 11.6 Å². The number of amides is 1. The van der Waals surface area contributed by atoms with Gasteiger partial charge in [0.1, 0.15) is 0 Å². The molecule has 1 fully saturated rings. The van der Waals surface area contributed by atoms with Crippen LogP contribution in [-0.4, -0.2) is 36.2 Å². The Morgan fingerprint density at radius 2 is 1.86 bits per heavy atom. The van der Waals surface area contributed by atoms with Crippen molar-refractivity contribution in [2.45, 2.75) is 32.1 Å². The van der Waals surface area contributed by atoms with Gasteiger partial charge in [0.05, 0.1) is 0 Å². The molecule has 2 aromatic carbocycles. The first kappa shape index (κ1) is 21.2. The lowest BCUT2D eigenvalue weighted by molar-refractivity contribution is 0.0956. The molecule has 3 rings (SSSR count). The minimum absolute atomic E-state index is 0.00306. The van der Waals surface area contributed by atoms with Gasteiger partial charge in [-0.3, -0.25) is 9.69 Å². The maximum Gasteiger partial charge on any atom is 0.251 e. The van der Waals surface area contributed by atoms with Crippen LogP contribution in [0.1, 0.15) is 41.3 Å². The van der Waals surface area contributed by atoms with E-state index in [0.717, 1.165) is 40.1 Å². The number of nitrogens with one attached hydrogen (secondary N) is 1. The highest BCUT2D eigenvalue weighted by molar-refractivity contribution is 7.98. The van der Waals surface area contributed by atoms with Crippen LogP contribution in [0.15, 0.2) is 48.5 Å². The number of hydrogen-bond donors (Lipinski definition) is 1. The van der Waals surface area contributed by atoms with Crippen molar-refractivity contribution in [2.75, 3.05) is 25.4 Å². The van der Waals surface area contributed by atoms with Gasteiger partial charge < -0.3 is 5.32 Å². The van der Waals surface area contributed by atoms with Crippen molar-refractivity contribution < 1.29 is 4.79 Å². The van der Waals surface area contributed by atoms with E-state index in [0.29, 0.717) is 6.54 Å². The minimum Gasteiger partial charge on any atom is -0.351 e. The molecule has 0 radical (unpaired) electrons. The van der Waals surface area contributed by atoms with Gasteiger partial charge in [-0.05, 0) is 61.2 Å². The Hall–Kier alpha value is -1.49. The first-order chi connectivity index (χ1) is 13.6. The molecule has 1 N–H and O–H groups in total. The number of carbonyl (C=O) groups is 1. The standard InChI is InChI=1S/C23H29ClN2OS/c1-18-10-13-26(14-11-18)16-19-6-8-20(9-7-19)23(27)25-12-15-28-17-21-4-2-3-5-22(21)24/h2-9,18H,10-17H2,1H3,(H,25,27). The Balaban J connectivity index is 1.37. The topological polar surface area (TPSA) is 32.3 Å². The second kappa shape index (κ2) is 10.9. The van der Waals surface area contributed by atoms with Crippen LogP contribution in [0.25, 0.3) is 0 Å². The summed E-state index contributed by atoms with van der Waals surface area (Å²) in [5.41, 5.74) is 3.15. The Labute approximate surface area is 177 Å². The van der Waals surface area contributed by atoms with E-state index in [9.17, 15) is 4.79 Å². The van der Waals surface area contributed by atoms with Crippen LogP contribution in [0.2, 0.25) is 5.02 Å². The lowest BCUT2D eigenvalue weighted by Gasteiger charge is -2.30. The third-order valence-corrected chi connectivity index (χ3v) is 6.62. The summed E-state index contributed by atoms with van der Waals surface area (Å²) in [6.07, 6.45) is 2.57. The van der Waals surface area contributed by atoms with Gasteiger partial charge in [-0.25, -0.2) is 0 Å². The fourth-order valence-electron chi connectivity index (χ4n) is 3.38. The molecular formula is C23H29ClN2OS. The molecule has 5 heteroatoms. The van der Waals surface area contributed by atoms with Gasteiger partial charge in [0.2, 0.25) is 0 Å². The summed E-state index contributed by atoms with van der Waals surface area (Å²) in [5, 5.41) is 3.81. The van der Waals surface area contributed by atoms with Crippen molar-refractivity contribution >= 4 is 29.3 Å². The molecule has 0 atom stereocenters. The van der Waals surface area contributed by atoms with Crippen molar-refractivity contribution in [1.82, 2.24) is 10.2 Å². The first-order valence-electron chi connectivity index (χ1n) is 10.0. The summed E-state index contributed by atoms with van der Waals surface area (Å²) in [6.45, 7) is 6.32. The molecule has 0 aliphatic carbocycles. The number of nitrogens with zero attached hydrogens (tertiary/aromatic N) is 1. The highest BCUT2D eigenvalue weighted by atomic mass is 35.5. The fourth-order valence-corrected chi connectivity index (χ4v) is 4.52. The van der Waals surface area contributed by atoms with E-state index in [-0.39, 0.29) is 5.91 Å². The number of benzene rings is 2. The molecule has 3 nitrogen and oxygen atoms in total. The van der Waals surface area contributed by atoms with Crippen molar-refractivity contribution in [3.8, 4) is 0 Å². The fraction of sp³-hybridized carbons (Fsp3) is 0.435. The summed E-state index contributed by atoms with van der Waals surface area (Å²) >= 11 is 7.94. The molecular weight excluding hydrogens is 388 g/mol. The van der Waals surface area contributed by atoms with Gasteiger partial charge in [0, 0.05) is 35.2 Å². The normalized spacial score (nSPS) is 15.5. The van der Waals surface area contributed by atoms with E-state index in [1.807, 2.05) is 36.4 Å². The number of hydrogen-bond acceptors (Lipinski definition) is 3. The number of piperidine rings is 1. The molecule has 0 bridgehead atoms. The van der Waals surface area contributed by atoms with Crippen LogP contribution in [0.3, 0.4) is 0 Å². The van der Waals surface area contributed by atoms with Crippen LogP contribution in [0.4, 0.5) is 0 Å². The maximum absolute atomic E-state index is 12.3. The molecule has 0 spiro atoms. The molecule has 2 aromatic rings. The molecule has 1 amide bonds. The van der Waals surface area contributed by atoms with E-state index in [1.165, 1.54) is 31.5 Å². The van der Waals surface area contributed by atoms with E-state index in [2.05, 4.69) is 29.3 Å². The van der Waals surface area contributed by atoms with Crippen LogP contribution in [0.5, 0.6) is 0 Å². The quantitative estimate of drug-likeness (QED) is 0.597. The molecule has 1 aliphatic heterocycles. The molecule has 1 heterocycles. The largest absolute Gasteiger partial charge is 0.351 e. The number of halogens is 1. The number of likely N-dealkylation sites (tertiary alicyclic amines) is 1. The minimum atomic E-state index is -0.00306. The Morgan fingerprint density at radius 1 is 1.14 bits per heavy atom. The van der Waals surface area contributed by atoms with E-state index >= 15 is 0 Å². The second-order valence-corrected chi connectivity index (χ2v) is 9.07. The van der Waals surface area contributed by atoms with E-state index < -0.39 is 0 Å². The van der Waals surface area contributed by atoms with Gasteiger partial charge in [-0.2, -0.15) is 11.8 Å². The predicted molar refractivity (Wildman–Crippen MR) is 120 cm³/mol. The average molecular weight is 417 g/mol. The monoisotopic (exact) mass is 416 g/mol. The van der Waals surface area contributed by atoms with Gasteiger partial charge in [-0.15, -0.1) is 0 Å². The third-order valence-electron chi connectivity index (χ3n) is 5.25. The summed E-state index contributed by atoms with van der Waals surface area (Å²) < 4.78 is 0. The molecule has 0 saturated carbocycles. The van der Waals surface area contributed by atoms with Gasteiger partial charge in [0.25, 0.3) is 5.91 Å². The van der Waals surface area contributed by atoms with Crippen LogP contribution in [-0.2, 0) is 12.3 Å². The molecule has 0 unspecified atom stereocenters. The van der Waals surface area contributed by atoms with Crippen molar-refractivity contribution in [3.63, 3.8) is 0 Å². The zero-order valence-corrected chi connectivity index (χ0v) is 18.1. The highest BCUT2D eigenvalue weighted by Gasteiger charge is 2.15. The van der Waals surface area contributed by atoms with Gasteiger partial charge in [-0.1, -0.05) is 48.9 Å². The van der Waals surface area contributed by atoms with Gasteiger partial charge in [0.15, 0.2) is 0 Å². The molecule has 1 aliphatic rings. The van der Waals surface area contributed by atoms with Crippen LogP contribution >= 0.6 is 23.4 Å². The Morgan fingerprint density at radius 3 is 2.57 bits per heavy atom. The molecule has 28 heavy (non-hydrogen) atoms. The van der Waals surface area contributed by atoms with E-state index in [1.54, 1.807) is 11.8 Å². The summed E-state index contributed by atoms with van der Waals surface area (Å²) in [4.78, 5) is 14.8. The SMILES string of the molecule is CC1CCN(Cc2ccc(C(=O)NCCSCc3ccccc3Cl)cc2)CC1. The lowest BCUT2D eigenvalue weighted by Crippen LogP contribution is -2.32. The summed E-state index contributed by atoms with van der Waals surface area (Å²) in [6, 6.07) is 15.9. The molecule has 1 saturated heterocycles. The smallest absolute Gasteiger partial charge is 0.251 e. The highest BCUT2D eigenvalue weighted by Crippen LogP contribution is 2.20. The zero-order valence-electron chi connectivity index (χ0n) is 16.5. The maximum atomic E-state index is 12.3. The van der Waals surface area contributed by atoms with Gasteiger partial charge >= 0.3 is 0 Å². The van der Waals surface area contributed by atoms with Crippen LogP contribution in [0, 0.1) is 5.92 Å². The number of rotatable bonds is 8. The van der Waals surface area contributed by atoms with Crippen molar-refractivity contribution in [2.24, 2.45) is 5.92 Å². The summed E-state index contributed by atoms with van der Waals surface area (Å²) in [5.74, 6) is 2.57. The zero-order chi connectivity index (χ0) is 19.8. The molecule has 0 aromatic heterocycles. The first-order valence-corrected chi connectivity index (χ1v) is 11.6. The van der Waals surface area contributed by atoms with Crippen LogP contribution < -0.4 is 5.32 Å².